The molecular weight excluding hydrogens is 186 g/mol. The molecule has 0 spiro atoms. The number of nitrogens with zero attached hydrogens (tertiary/aromatic N) is 2. The molecule has 80 valence electrons. The average molecular weight is 203 g/mol. The molecule has 0 bridgehead atoms. The Hall–Kier alpha value is -1.38. The monoisotopic (exact) mass is 203 g/mol. The fourth-order valence-corrected chi connectivity index (χ4v) is 1.59. The second-order valence-corrected chi connectivity index (χ2v) is 5.16. The molecule has 0 saturated carbocycles. The van der Waals surface area contributed by atoms with Gasteiger partial charge in [-0.05, 0) is 23.0 Å². The number of hydrogen-bond donors (Lipinski definition) is 1. The highest BCUT2D eigenvalue weighted by molar-refractivity contribution is 5.74. The second kappa shape index (κ2) is 3.33. The Bertz CT molecular complexity index is 465. The van der Waals surface area contributed by atoms with Gasteiger partial charge in [0.15, 0.2) is 5.65 Å². The van der Waals surface area contributed by atoms with Gasteiger partial charge in [0.2, 0.25) is 0 Å². The van der Waals surface area contributed by atoms with Crippen LogP contribution in [0, 0.1) is 5.41 Å². The Kier molecular flexibility index (Phi) is 2.25. The zero-order chi connectivity index (χ0) is 11.1. The van der Waals surface area contributed by atoms with E-state index in [1.165, 1.54) is 5.56 Å². The van der Waals surface area contributed by atoms with E-state index in [0.717, 1.165) is 11.0 Å². The normalized spacial score (nSPS) is 14.4. The quantitative estimate of drug-likeness (QED) is 0.773. The van der Waals surface area contributed by atoms with Gasteiger partial charge in [-0.15, -0.1) is 0 Å². The van der Waals surface area contributed by atoms with E-state index in [1.807, 2.05) is 12.4 Å². The van der Waals surface area contributed by atoms with Crippen molar-refractivity contribution in [3.8, 4) is 0 Å². The summed E-state index contributed by atoms with van der Waals surface area (Å²) in [6, 6.07) is 2.17. The highest BCUT2D eigenvalue weighted by Crippen LogP contribution is 2.34. The fourth-order valence-electron chi connectivity index (χ4n) is 1.59. The van der Waals surface area contributed by atoms with Crippen LogP contribution in [-0.4, -0.2) is 15.2 Å². The van der Waals surface area contributed by atoms with Gasteiger partial charge in [0.1, 0.15) is 0 Å². The summed E-state index contributed by atoms with van der Waals surface area (Å²) in [5.41, 5.74) is 2.40. The van der Waals surface area contributed by atoms with Crippen LogP contribution in [0.5, 0.6) is 0 Å². The number of aromatic amines is 1. The Morgan fingerprint density at radius 3 is 2.67 bits per heavy atom. The molecule has 2 heterocycles. The SMILES string of the molecule is C[C@H](c1cnc2[nH]ncc2c1)C(C)(C)C. The topological polar surface area (TPSA) is 41.6 Å². The summed E-state index contributed by atoms with van der Waals surface area (Å²) in [5.74, 6) is 0.490. The molecule has 0 aromatic carbocycles. The molecule has 0 radical (unpaired) electrons. The van der Waals surface area contributed by atoms with Gasteiger partial charge in [-0.1, -0.05) is 27.7 Å². The van der Waals surface area contributed by atoms with Crippen molar-refractivity contribution in [1.82, 2.24) is 15.2 Å². The molecular formula is C12H17N3. The molecule has 0 aliphatic heterocycles. The van der Waals surface area contributed by atoms with E-state index in [9.17, 15) is 0 Å². The van der Waals surface area contributed by atoms with Crippen molar-refractivity contribution in [2.45, 2.75) is 33.6 Å². The lowest BCUT2D eigenvalue weighted by atomic mass is 9.78. The summed E-state index contributed by atoms with van der Waals surface area (Å²) in [4.78, 5) is 4.36. The first-order valence-electron chi connectivity index (χ1n) is 5.27. The lowest BCUT2D eigenvalue weighted by molar-refractivity contribution is 0.339. The van der Waals surface area contributed by atoms with Gasteiger partial charge in [0.25, 0.3) is 0 Å². The van der Waals surface area contributed by atoms with Gasteiger partial charge >= 0.3 is 0 Å². The van der Waals surface area contributed by atoms with E-state index in [1.54, 1.807) is 0 Å². The predicted molar refractivity (Wildman–Crippen MR) is 61.8 cm³/mol. The van der Waals surface area contributed by atoms with Crippen LogP contribution in [0.2, 0.25) is 0 Å². The highest BCUT2D eigenvalue weighted by Gasteiger charge is 2.22. The maximum Gasteiger partial charge on any atom is 0.155 e. The number of fused-ring (bicyclic) bond motifs is 1. The van der Waals surface area contributed by atoms with Crippen molar-refractivity contribution >= 4 is 11.0 Å². The summed E-state index contributed by atoms with van der Waals surface area (Å²) < 4.78 is 0. The van der Waals surface area contributed by atoms with E-state index in [4.69, 9.17) is 0 Å². The van der Waals surface area contributed by atoms with Crippen LogP contribution in [0.1, 0.15) is 39.2 Å². The molecule has 3 nitrogen and oxygen atoms in total. The molecule has 0 saturated heterocycles. The van der Waals surface area contributed by atoms with Crippen molar-refractivity contribution in [1.29, 1.82) is 0 Å². The Balaban J connectivity index is 2.44. The first-order valence-corrected chi connectivity index (χ1v) is 5.27. The lowest BCUT2D eigenvalue weighted by Gasteiger charge is -2.27. The van der Waals surface area contributed by atoms with E-state index in [-0.39, 0.29) is 5.41 Å². The van der Waals surface area contributed by atoms with Gasteiger partial charge in [-0.2, -0.15) is 5.10 Å². The molecule has 2 aromatic heterocycles. The van der Waals surface area contributed by atoms with Crippen molar-refractivity contribution in [3.63, 3.8) is 0 Å². The first-order chi connectivity index (χ1) is 6.98. The number of hydrogen-bond acceptors (Lipinski definition) is 2. The number of pyridine rings is 1. The lowest BCUT2D eigenvalue weighted by Crippen LogP contribution is -2.15. The minimum atomic E-state index is 0.263. The van der Waals surface area contributed by atoms with Crippen LogP contribution in [0.4, 0.5) is 0 Å². The first kappa shape index (κ1) is 10.1. The molecule has 0 unspecified atom stereocenters. The second-order valence-electron chi connectivity index (χ2n) is 5.16. The van der Waals surface area contributed by atoms with Gasteiger partial charge in [-0.25, -0.2) is 4.98 Å². The third-order valence-corrected chi connectivity index (χ3v) is 3.11. The molecule has 2 aromatic rings. The Morgan fingerprint density at radius 2 is 2.00 bits per heavy atom. The maximum atomic E-state index is 4.36. The standard InChI is InChI=1S/C12H17N3/c1-8(12(2,3)4)9-5-10-7-14-15-11(10)13-6-9/h5-8H,1-4H3,(H,13,14,15)/t8-/m1/s1. The van der Waals surface area contributed by atoms with Crippen LogP contribution in [0.25, 0.3) is 11.0 Å². The zero-order valence-corrected chi connectivity index (χ0v) is 9.70. The number of aromatic nitrogens is 3. The Labute approximate surface area is 89.9 Å². The number of H-pyrrole nitrogens is 1. The molecule has 3 heteroatoms. The van der Waals surface area contributed by atoms with E-state index in [2.05, 4.69) is 48.9 Å². The smallest absolute Gasteiger partial charge is 0.155 e. The van der Waals surface area contributed by atoms with Crippen LogP contribution in [0.3, 0.4) is 0 Å². The van der Waals surface area contributed by atoms with Crippen LogP contribution in [0.15, 0.2) is 18.5 Å². The zero-order valence-electron chi connectivity index (χ0n) is 9.70. The minimum absolute atomic E-state index is 0.263. The van der Waals surface area contributed by atoms with Crippen LogP contribution in [-0.2, 0) is 0 Å². The third kappa shape index (κ3) is 1.87. The van der Waals surface area contributed by atoms with Gasteiger partial charge < -0.3 is 0 Å². The molecule has 0 aliphatic rings. The summed E-state index contributed by atoms with van der Waals surface area (Å²) in [7, 11) is 0. The number of rotatable bonds is 1. The molecule has 1 N–H and O–H groups in total. The average Bonchev–Trinajstić information content (AvgIpc) is 2.61. The molecule has 0 fully saturated rings. The van der Waals surface area contributed by atoms with E-state index < -0.39 is 0 Å². The third-order valence-electron chi connectivity index (χ3n) is 3.11. The molecule has 15 heavy (non-hydrogen) atoms. The van der Waals surface area contributed by atoms with Crippen molar-refractivity contribution < 1.29 is 0 Å². The highest BCUT2D eigenvalue weighted by atomic mass is 15.1. The van der Waals surface area contributed by atoms with Crippen LogP contribution < -0.4 is 0 Å². The largest absolute Gasteiger partial charge is 0.261 e. The summed E-state index contributed by atoms with van der Waals surface area (Å²) >= 11 is 0. The van der Waals surface area contributed by atoms with Crippen molar-refractivity contribution in [2.75, 3.05) is 0 Å². The number of nitrogens with one attached hydrogen (secondary N) is 1. The van der Waals surface area contributed by atoms with E-state index in [0.29, 0.717) is 5.92 Å². The molecule has 2 rings (SSSR count). The van der Waals surface area contributed by atoms with Gasteiger partial charge in [0.05, 0.1) is 6.20 Å². The van der Waals surface area contributed by atoms with Crippen molar-refractivity contribution in [2.24, 2.45) is 5.41 Å². The maximum absolute atomic E-state index is 4.36. The Morgan fingerprint density at radius 1 is 1.27 bits per heavy atom. The molecule has 1 atom stereocenters. The molecule has 0 aliphatic carbocycles. The van der Waals surface area contributed by atoms with Gasteiger partial charge in [-0.3, -0.25) is 5.10 Å². The van der Waals surface area contributed by atoms with E-state index >= 15 is 0 Å². The van der Waals surface area contributed by atoms with Crippen molar-refractivity contribution in [3.05, 3.63) is 24.0 Å². The minimum Gasteiger partial charge on any atom is -0.261 e. The van der Waals surface area contributed by atoms with Crippen LogP contribution >= 0.6 is 0 Å². The summed E-state index contributed by atoms with van der Waals surface area (Å²) in [6.45, 7) is 8.98. The fraction of sp³-hybridized carbons (Fsp3) is 0.500. The van der Waals surface area contributed by atoms with Gasteiger partial charge in [0, 0.05) is 11.6 Å². The molecule has 0 amide bonds. The predicted octanol–water partition coefficient (Wildman–Crippen LogP) is 3.11. The summed E-state index contributed by atoms with van der Waals surface area (Å²) in [5, 5.41) is 7.93. The summed E-state index contributed by atoms with van der Waals surface area (Å²) in [6.07, 6.45) is 3.76.